The van der Waals surface area contributed by atoms with Gasteiger partial charge in [-0.2, -0.15) is 0 Å². The number of aromatic nitrogens is 5. The van der Waals surface area contributed by atoms with Crippen molar-refractivity contribution >= 4 is 0 Å². The maximum atomic E-state index is 12.1. The van der Waals surface area contributed by atoms with Crippen LogP contribution in [0.2, 0.25) is 0 Å². The standard InChI is InChI=1S/C13H13N5O2/c1-8-5-4-6-18(7-8)12-14-9-10(15-12)16(2)13(20)17(3)11(9)19/h4-7H,1-3H3. The van der Waals surface area contributed by atoms with Crippen LogP contribution in [0.5, 0.6) is 5.88 Å². The normalized spacial score (nSPS) is 11.2. The summed E-state index contributed by atoms with van der Waals surface area (Å²) in [6, 6.07) is 3.82. The molecule has 0 bridgehead atoms. The van der Waals surface area contributed by atoms with Crippen LogP contribution in [-0.2, 0) is 14.1 Å². The fourth-order valence-corrected chi connectivity index (χ4v) is 2.09. The van der Waals surface area contributed by atoms with E-state index in [-0.39, 0.29) is 5.69 Å². The molecule has 20 heavy (non-hydrogen) atoms. The van der Waals surface area contributed by atoms with E-state index in [0.29, 0.717) is 11.8 Å². The quantitative estimate of drug-likeness (QED) is 0.547. The van der Waals surface area contributed by atoms with Gasteiger partial charge in [-0.1, -0.05) is 11.1 Å². The number of nitrogens with zero attached hydrogens (tertiary/aromatic N) is 5. The van der Waals surface area contributed by atoms with E-state index in [1.807, 2.05) is 25.3 Å². The van der Waals surface area contributed by atoms with Crippen molar-refractivity contribution in [1.29, 1.82) is 0 Å². The molecule has 0 amide bonds. The van der Waals surface area contributed by atoms with E-state index in [4.69, 9.17) is 0 Å². The summed E-state index contributed by atoms with van der Waals surface area (Å²) >= 11 is 0. The molecule has 102 valence electrons. The highest BCUT2D eigenvalue weighted by molar-refractivity contribution is 5.58. The summed E-state index contributed by atoms with van der Waals surface area (Å²) in [5, 5.41) is 12.1. The van der Waals surface area contributed by atoms with Gasteiger partial charge >= 0.3 is 11.6 Å². The third-order valence-corrected chi connectivity index (χ3v) is 3.21. The first kappa shape index (κ1) is 12.3. The van der Waals surface area contributed by atoms with E-state index in [1.54, 1.807) is 17.8 Å². The lowest BCUT2D eigenvalue weighted by molar-refractivity contribution is -0.603. The average Bonchev–Trinajstić information content (AvgIpc) is 2.88. The minimum absolute atomic E-state index is 0.193. The maximum Gasteiger partial charge on any atom is 0.440 e. The van der Waals surface area contributed by atoms with Gasteiger partial charge < -0.3 is 9.67 Å². The molecule has 0 radical (unpaired) electrons. The van der Waals surface area contributed by atoms with Crippen LogP contribution in [0, 0.1) is 6.92 Å². The molecular formula is C13H13N5O2. The van der Waals surface area contributed by atoms with Crippen LogP contribution in [-0.4, -0.2) is 19.1 Å². The van der Waals surface area contributed by atoms with Crippen LogP contribution in [0.4, 0.5) is 0 Å². The Bertz CT molecular complexity index is 833. The topological polar surface area (TPSA) is 79.6 Å². The van der Waals surface area contributed by atoms with Gasteiger partial charge in [0.05, 0.1) is 12.4 Å². The maximum absolute atomic E-state index is 12.1. The second kappa shape index (κ2) is 4.16. The predicted molar refractivity (Wildman–Crippen MR) is 68.6 cm³/mol. The Balaban J connectivity index is 2.32. The van der Waals surface area contributed by atoms with E-state index in [2.05, 4.69) is 9.97 Å². The minimum atomic E-state index is -0.435. The summed E-state index contributed by atoms with van der Waals surface area (Å²) in [7, 11) is 3.00. The summed E-state index contributed by atoms with van der Waals surface area (Å²) in [6.07, 6.45) is 3.65. The highest BCUT2D eigenvalue weighted by Crippen LogP contribution is 2.23. The molecule has 0 saturated heterocycles. The lowest BCUT2D eigenvalue weighted by atomic mass is 10.3. The summed E-state index contributed by atoms with van der Waals surface area (Å²) < 4.78 is 4.07. The molecule has 0 fully saturated rings. The summed E-state index contributed by atoms with van der Waals surface area (Å²) in [5.41, 5.74) is 0.824. The van der Waals surface area contributed by atoms with Crippen LogP contribution in [0.25, 0.3) is 17.5 Å². The molecule has 0 atom stereocenters. The number of fused-ring (bicyclic) bond motifs is 1. The Hall–Kier alpha value is -2.70. The number of pyridine rings is 1. The summed E-state index contributed by atoms with van der Waals surface area (Å²) in [4.78, 5) is 20.4. The number of hydrogen-bond acceptors (Lipinski definition) is 4. The van der Waals surface area contributed by atoms with Gasteiger partial charge in [0, 0.05) is 20.0 Å². The lowest BCUT2D eigenvalue weighted by Crippen LogP contribution is -2.31. The van der Waals surface area contributed by atoms with E-state index >= 15 is 0 Å². The zero-order chi connectivity index (χ0) is 14.4. The zero-order valence-electron chi connectivity index (χ0n) is 11.4. The largest absolute Gasteiger partial charge is 0.857 e. The van der Waals surface area contributed by atoms with Crippen LogP contribution in [0.3, 0.4) is 0 Å². The lowest BCUT2D eigenvalue weighted by Gasteiger charge is -2.14. The Morgan fingerprint density at radius 2 is 2.00 bits per heavy atom. The van der Waals surface area contributed by atoms with E-state index in [0.717, 1.165) is 10.1 Å². The fraction of sp³-hybridized carbons (Fsp3) is 0.231. The Kier molecular flexibility index (Phi) is 2.56. The number of hydrogen-bond donors (Lipinski definition) is 0. The van der Waals surface area contributed by atoms with Crippen molar-refractivity contribution in [2.75, 3.05) is 0 Å². The smallest absolute Gasteiger partial charge is 0.440 e. The van der Waals surface area contributed by atoms with Crippen molar-refractivity contribution in [2.45, 2.75) is 6.92 Å². The minimum Gasteiger partial charge on any atom is -0.857 e. The van der Waals surface area contributed by atoms with Crippen molar-refractivity contribution < 1.29 is 9.67 Å². The molecule has 1 aromatic rings. The van der Waals surface area contributed by atoms with Gasteiger partial charge in [-0.3, -0.25) is 4.57 Å². The highest BCUT2D eigenvalue weighted by Gasteiger charge is 2.27. The molecule has 7 heteroatoms. The first-order chi connectivity index (χ1) is 9.49. The van der Waals surface area contributed by atoms with Crippen LogP contribution >= 0.6 is 0 Å². The van der Waals surface area contributed by atoms with Crippen molar-refractivity contribution in [3.63, 3.8) is 0 Å². The van der Waals surface area contributed by atoms with Gasteiger partial charge in [0.15, 0.2) is 0 Å². The Labute approximate surface area is 114 Å². The summed E-state index contributed by atoms with van der Waals surface area (Å²) in [6.45, 7) is 1.95. The first-order valence-electron chi connectivity index (χ1n) is 6.08. The molecule has 7 nitrogen and oxygen atoms in total. The third-order valence-electron chi connectivity index (χ3n) is 3.21. The van der Waals surface area contributed by atoms with Crippen LogP contribution in [0.1, 0.15) is 5.56 Å². The van der Waals surface area contributed by atoms with E-state index in [1.165, 1.54) is 11.6 Å². The van der Waals surface area contributed by atoms with Crippen molar-refractivity contribution in [1.82, 2.24) is 19.1 Å². The van der Waals surface area contributed by atoms with Gasteiger partial charge in [0.25, 0.3) is 5.82 Å². The molecule has 2 aliphatic heterocycles. The second-order valence-corrected chi connectivity index (χ2v) is 4.69. The number of imidazole rings is 1. The molecule has 2 aliphatic rings. The van der Waals surface area contributed by atoms with Crippen LogP contribution in [0.15, 0.2) is 29.3 Å². The SMILES string of the molecule is Cc1ccc[n+](-c2nc3c([O-])n(C)c(=O)n(C)c-3n2)c1. The number of aryl methyl sites for hydroxylation is 1. The van der Waals surface area contributed by atoms with Gasteiger partial charge in [-0.05, 0) is 23.5 Å². The number of rotatable bonds is 1. The molecule has 0 aliphatic carbocycles. The molecule has 1 aromatic heterocycles. The molecular weight excluding hydrogens is 258 g/mol. The highest BCUT2D eigenvalue weighted by atomic mass is 16.3. The molecule has 0 unspecified atom stereocenters. The van der Waals surface area contributed by atoms with E-state index in [9.17, 15) is 9.90 Å². The first-order valence-corrected chi connectivity index (χ1v) is 6.08. The third kappa shape index (κ3) is 1.67. The van der Waals surface area contributed by atoms with Crippen molar-refractivity contribution in [2.24, 2.45) is 14.1 Å². The van der Waals surface area contributed by atoms with Crippen molar-refractivity contribution in [3.8, 4) is 23.3 Å². The van der Waals surface area contributed by atoms with Gasteiger partial charge in [-0.15, -0.1) is 0 Å². The molecule has 3 rings (SSSR count). The Morgan fingerprint density at radius 3 is 2.70 bits per heavy atom. The van der Waals surface area contributed by atoms with Crippen molar-refractivity contribution in [3.05, 3.63) is 40.6 Å². The molecule has 0 N–H and O–H groups in total. The molecule has 0 spiro atoms. The average molecular weight is 271 g/mol. The monoisotopic (exact) mass is 271 g/mol. The van der Waals surface area contributed by atoms with Crippen LogP contribution < -0.4 is 15.4 Å². The molecule has 0 saturated carbocycles. The Morgan fingerprint density at radius 1 is 1.25 bits per heavy atom. The predicted octanol–water partition coefficient (Wildman–Crippen LogP) is -0.723. The van der Waals surface area contributed by atoms with Gasteiger partial charge in [0.2, 0.25) is 5.69 Å². The molecule has 0 aromatic carbocycles. The van der Waals surface area contributed by atoms with Gasteiger partial charge in [0.1, 0.15) is 0 Å². The summed E-state index contributed by atoms with van der Waals surface area (Å²) in [5.74, 6) is 0.235. The zero-order valence-corrected chi connectivity index (χ0v) is 11.4. The van der Waals surface area contributed by atoms with E-state index < -0.39 is 11.6 Å². The van der Waals surface area contributed by atoms with Gasteiger partial charge in [-0.25, -0.2) is 9.36 Å². The molecule has 3 heterocycles. The fourth-order valence-electron chi connectivity index (χ4n) is 2.09. The second-order valence-electron chi connectivity index (χ2n) is 4.69.